The van der Waals surface area contributed by atoms with Crippen molar-refractivity contribution in [2.75, 3.05) is 25.8 Å². The van der Waals surface area contributed by atoms with E-state index < -0.39 is 6.09 Å². The fraction of sp³-hybridized carbons (Fsp3) is 0.875. The number of rotatable bonds is 2. The summed E-state index contributed by atoms with van der Waals surface area (Å²) in [6.07, 6.45) is 1.25. The molecule has 0 radical (unpaired) electrons. The number of halogens is 2. The molecule has 0 aromatic rings. The van der Waals surface area contributed by atoms with Gasteiger partial charge >= 0.3 is 6.09 Å². The van der Waals surface area contributed by atoms with Crippen molar-refractivity contribution in [1.29, 1.82) is 0 Å². The van der Waals surface area contributed by atoms with E-state index in [1.807, 2.05) is 0 Å². The van der Waals surface area contributed by atoms with E-state index in [2.05, 4.69) is 4.74 Å². The van der Waals surface area contributed by atoms with Crippen molar-refractivity contribution in [2.45, 2.75) is 12.8 Å². The van der Waals surface area contributed by atoms with Crippen LogP contribution in [0, 0.1) is 5.92 Å². The van der Waals surface area contributed by atoms with Crippen molar-refractivity contribution in [3.8, 4) is 0 Å². The van der Waals surface area contributed by atoms with Gasteiger partial charge in [0.25, 0.3) is 0 Å². The van der Waals surface area contributed by atoms with Gasteiger partial charge in [0, 0.05) is 19.0 Å². The quantitative estimate of drug-likeness (QED) is 0.651. The summed E-state index contributed by atoms with van der Waals surface area (Å²) in [5, 5.41) is 0. The number of alkyl halides is 2. The Hall–Kier alpha value is -0.510. The Morgan fingerprint density at radius 3 is 3.08 bits per heavy atom. The Labute approximate surface area is 81.8 Å². The Balaban J connectivity index is 2.37. The maximum Gasteiger partial charge on any atom is 0.410 e. The molecule has 0 aromatic heterocycles. The molecule has 1 amide bonds. The van der Waals surface area contributed by atoms with Crippen molar-refractivity contribution in [3.05, 3.63) is 0 Å². The average molecular weight is 210 g/mol. The van der Waals surface area contributed by atoms with Crippen LogP contribution in [0.1, 0.15) is 12.8 Å². The van der Waals surface area contributed by atoms with E-state index in [1.54, 1.807) is 0 Å². The standard InChI is InChI=1S/C8H13ClFNO2/c9-6-13-8(12)11-3-1-2-7(4-10)5-11/h7H,1-6H2. The summed E-state index contributed by atoms with van der Waals surface area (Å²) in [5.41, 5.74) is 0. The third-order valence-electron chi connectivity index (χ3n) is 2.17. The fourth-order valence-corrected chi connectivity index (χ4v) is 1.59. The van der Waals surface area contributed by atoms with Gasteiger partial charge in [-0.15, -0.1) is 0 Å². The number of ether oxygens (including phenoxy) is 1. The first-order chi connectivity index (χ1) is 6.27. The zero-order chi connectivity index (χ0) is 9.68. The van der Waals surface area contributed by atoms with E-state index in [4.69, 9.17) is 11.6 Å². The minimum atomic E-state index is -0.437. The van der Waals surface area contributed by atoms with Crippen LogP contribution >= 0.6 is 11.6 Å². The summed E-state index contributed by atoms with van der Waals surface area (Å²) in [6.45, 7) is 0.725. The summed E-state index contributed by atoms with van der Waals surface area (Å²) >= 11 is 5.24. The van der Waals surface area contributed by atoms with Gasteiger partial charge < -0.3 is 9.64 Å². The second kappa shape index (κ2) is 5.27. The molecule has 1 aliphatic heterocycles. The number of likely N-dealkylation sites (tertiary alicyclic amines) is 1. The van der Waals surface area contributed by atoms with Crippen LogP contribution in [-0.4, -0.2) is 36.8 Å². The van der Waals surface area contributed by atoms with Gasteiger partial charge in [-0.1, -0.05) is 11.6 Å². The van der Waals surface area contributed by atoms with Crippen LogP contribution in [0.15, 0.2) is 0 Å². The number of amides is 1. The van der Waals surface area contributed by atoms with E-state index in [-0.39, 0.29) is 18.7 Å². The molecule has 0 N–H and O–H groups in total. The molecule has 1 heterocycles. The summed E-state index contributed by atoms with van der Waals surface area (Å²) in [4.78, 5) is 12.7. The molecule has 0 spiro atoms. The first-order valence-electron chi connectivity index (χ1n) is 4.31. The summed E-state index contributed by atoms with van der Waals surface area (Å²) in [6, 6.07) is -0.143. The molecule has 0 bridgehead atoms. The predicted octanol–water partition coefficient (Wildman–Crippen LogP) is 2.00. The normalized spacial score (nSPS) is 22.9. The number of hydrogen-bond acceptors (Lipinski definition) is 2. The van der Waals surface area contributed by atoms with Crippen molar-refractivity contribution < 1.29 is 13.9 Å². The summed E-state index contributed by atoms with van der Waals surface area (Å²) < 4.78 is 16.9. The molecule has 1 atom stereocenters. The van der Waals surface area contributed by atoms with Crippen molar-refractivity contribution >= 4 is 17.7 Å². The third-order valence-corrected chi connectivity index (χ3v) is 2.28. The molecule has 1 unspecified atom stereocenters. The molecule has 5 heteroatoms. The van der Waals surface area contributed by atoms with E-state index in [0.29, 0.717) is 13.1 Å². The molecule has 3 nitrogen and oxygen atoms in total. The molecular formula is C8H13ClFNO2. The highest BCUT2D eigenvalue weighted by Gasteiger charge is 2.24. The number of piperidine rings is 1. The number of carbonyl (C=O) groups is 1. The fourth-order valence-electron chi connectivity index (χ4n) is 1.49. The highest BCUT2D eigenvalue weighted by atomic mass is 35.5. The molecule has 1 fully saturated rings. The van der Waals surface area contributed by atoms with Crippen LogP contribution in [0.3, 0.4) is 0 Å². The molecule has 76 valence electrons. The Morgan fingerprint density at radius 2 is 2.46 bits per heavy atom. The van der Waals surface area contributed by atoms with E-state index in [1.165, 1.54) is 4.90 Å². The van der Waals surface area contributed by atoms with Crippen LogP contribution in [0.2, 0.25) is 0 Å². The lowest BCUT2D eigenvalue weighted by Gasteiger charge is -2.30. The zero-order valence-corrected chi connectivity index (χ0v) is 8.10. The molecule has 0 aliphatic carbocycles. The topological polar surface area (TPSA) is 29.5 Å². The minimum absolute atomic E-state index is 0.0309. The second-order valence-corrected chi connectivity index (χ2v) is 3.35. The van der Waals surface area contributed by atoms with Gasteiger partial charge in [0.05, 0.1) is 6.67 Å². The van der Waals surface area contributed by atoms with Gasteiger partial charge in [0.15, 0.2) is 6.07 Å². The SMILES string of the molecule is O=C(OCCl)N1CCCC(CF)C1. The Morgan fingerprint density at radius 1 is 1.69 bits per heavy atom. The lowest BCUT2D eigenvalue weighted by Crippen LogP contribution is -2.40. The van der Waals surface area contributed by atoms with Crippen molar-refractivity contribution in [1.82, 2.24) is 4.90 Å². The zero-order valence-electron chi connectivity index (χ0n) is 7.34. The first-order valence-corrected chi connectivity index (χ1v) is 4.85. The number of nitrogens with zero attached hydrogens (tertiary/aromatic N) is 1. The van der Waals surface area contributed by atoms with Crippen LogP contribution in [0.25, 0.3) is 0 Å². The largest absolute Gasteiger partial charge is 0.433 e. The molecule has 13 heavy (non-hydrogen) atoms. The monoisotopic (exact) mass is 209 g/mol. The number of hydrogen-bond donors (Lipinski definition) is 0. The van der Waals surface area contributed by atoms with Gasteiger partial charge in [-0.3, -0.25) is 4.39 Å². The second-order valence-electron chi connectivity index (χ2n) is 3.13. The summed E-state index contributed by atoms with van der Waals surface area (Å²) in [5.74, 6) is -0.0309. The van der Waals surface area contributed by atoms with Gasteiger partial charge in [-0.2, -0.15) is 0 Å². The minimum Gasteiger partial charge on any atom is -0.433 e. The smallest absolute Gasteiger partial charge is 0.410 e. The summed E-state index contributed by atoms with van der Waals surface area (Å²) in [7, 11) is 0. The highest BCUT2D eigenvalue weighted by Crippen LogP contribution is 2.17. The predicted molar refractivity (Wildman–Crippen MR) is 47.5 cm³/mol. The van der Waals surface area contributed by atoms with E-state index in [0.717, 1.165) is 12.8 Å². The van der Waals surface area contributed by atoms with E-state index in [9.17, 15) is 9.18 Å². The molecule has 1 saturated heterocycles. The van der Waals surface area contributed by atoms with Crippen LogP contribution in [0.5, 0.6) is 0 Å². The molecule has 1 rings (SSSR count). The maximum absolute atomic E-state index is 12.3. The Kier molecular flexibility index (Phi) is 4.28. The van der Waals surface area contributed by atoms with Gasteiger partial charge in [-0.25, -0.2) is 4.79 Å². The van der Waals surface area contributed by atoms with Crippen LogP contribution in [-0.2, 0) is 4.74 Å². The van der Waals surface area contributed by atoms with Gasteiger partial charge in [-0.05, 0) is 12.8 Å². The van der Waals surface area contributed by atoms with Crippen molar-refractivity contribution in [2.24, 2.45) is 5.92 Å². The lowest BCUT2D eigenvalue weighted by molar-refractivity contribution is 0.0926. The molecular weight excluding hydrogens is 197 g/mol. The van der Waals surface area contributed by atoms with E-state index >= 15 is 0 Å². The number of carbonyl (C=O) groups excluding carboxylic acids is 1. The lowest BCUT2D eigenvalue weighted by atomic mass is 10.0. The Bertz CT molecular complexity index is 180. The highest BCUT2D eigenvalue weighted by molar-refractivity contribution is 6.17. The van der Waals surface area contributed by atoms with Gasteiger partial charge in [0.1, 0.15) is 0 Å². The van der Waals surface area contributed by atoms with Crippen LogP contribution < -0.4 is 0 Å². The third kappa shape index (κ3) is 3.03. The molecule has 0 saturated carbocycles. The molecule has 1 aliphatic rings. The van der Waals surface area contributed by atoms with Crippen molar-refractivity contribution in [3.63, 3.8) is 0 Å². The van der Waals surface area contributed by atoms with Gasteiger partial charge in [0.2, 0.25) is 0 Å². The maximum atomic E-state index is 12.3. The first kappa shape index (κ1) is 10.6. The molecule has 0 aromatic carbocycles. The average Bonchev–Trinajstić information content (AvgIpc) is 2.18. The van der Waals surface area contributed by atoms with Crippen LogP contribution in [0.4, 0.5) is 9.18 Å².